The molecule has 0 saturated heterocycles. The average Bonchev–Trinajstić information content (AvgIpc) is 2.36. The van der Waals surface area contributed by atoms with Gasteiger partial charge in [0.1, 0.15) is 0 Å². The molecule has 0 fully saturated rings. The lowest BCUT2D eigenvalue weighted by atomic mass is 10.2. The van der Waals surface area contributed by atoms with E-state index in [0.717, 1.165) is 12.1 Å². The summed E-state index contributed by atoms with van der Waals surface area (Å²) in [6.45, 7) is 7.44. The van der Waals surface area contributed by atoms with E-state index in [1.54, 1.807) is 6.07 Å². The molecule has 20 heavy (non-hydrogen) atoms. The Hall–Kier alpha value is -1.11. The lowest BCUT2D eigenvalue weighted by Crippen LogP contribution is -2.23. The highest BCUT2D eigenvalue weighted by Crippen LogP contribution is 2.16. The quantitative estimate of drug-likeness (QED) is 0.731. The lowest BCUT2D eigenvalue weighted by molar-refractivity contribution is 0.0913. The molecule has 6 heteroatoms. The molecule has 1 aromatic rings. The minimum Gasteiger partial charge on any atom is -0.378 e. The molecule has 0 aliphatic heterocycles. The first-order valence-corrected chi connectivity index (χ1v) is 8.50. The lowest BCUT2D eigenvalue weighted by Gasteiger charge is -2.13. The van der Waals surface area contributed by atoms with Gasteiger partial charge in [-0.2, -0.15) is 0 Å². The summed E-state index contributed by atoms with van der Waals surface area (Å²) in [7, 11) is -3.38. The molecule has 0 amide bonds. The molecule has 0 aromatic heterocycles. The van der Waals surface area contributed by atoms with Crippen LogP contribution in [0, 0.1) is 0 Å². The fourth-order valence-electron chi connectivity index (χ4n) is 1.65. The molecule has 0 spiro atoms. The SMILES string of the molecule is CCNCc1ccccc1NS(=O)(=O)CCOC(C)C. The highest BCUT2D eigenvalue weighted by molar-refractivity contribution is 7.92. The molecule has 0 aliphatic carbocycles. The van der Waals surface area contributed by atoms with Crippen molar-refractivity contribution in [1.82, 2.24) is 5.32 Å². The maximum Gasteiger partial charge on any atom is 0.235 e. The first kappa shape index (κ1) is 16.9. The summed E-state index contributed by atoms with van der Waals surface area (Å²) >= 11 is 0. The van der Waals surface area contributed by atoms with Gasteiger partial charge in [-0.3, -0.25) is 4.72 Å². The topological polar surface area (TPSA) is 67.4 Å². The van der Waals surface area contributed by atoms with Crippen LogP contribution in [0.2, 0.25) is 0 Å². The van der Waals surface area contributed by atoms with E-state index in [4.69, 9.17) is 4.74 Å². The van der Waals surface area contributed by atoms with Gasteiger partial charge in [0.25, 0.3) is 0 Å². The Morgan fingerprint density at radius 2 is 1.95 bits per heavy atom. The second-order valence-corrected chi connectivity index (χ2v) is 6.62. The number of anilines is 1. The largest absolute Gasteiger partial charge is 0.378 e. The van der Waals surface area contributed by atoms with Crippen molar-refractivity contribution in [3.05, 3.63) is 29.8 Å². The van der Waals surface area contributed by atoms with Crippen LogP contribution >= 0.6 is 0 Å². The van der Waals surface area contributed by atoms with Gasteiger partial charge in [-0.05, 0) is 32.0 Å². The highest BCUT2D eigenvalue weighted by atomic mass is 32.2. The van der Waals surface area contributed by atoms with Crippen LogP contribution in [0.4, 0.5) is 5.69 Å². The van der Waals surface area contributed by atoms with E-state index in [1.165, 1.54) is 0 Å². The molecule has 0 saturated carbocycles. The molecule has 2 N–H and O–H groups in total. The number of benzene rings is 1. The molecule has 1 aromatic carbocycles. The van der Waals surface area contributed by atoms with Crippen molar-refractivity contribution in [2.75, 3.05) is 23.6 Å². The zero-order valence-electron chi connectivity index (χ0n) is 12.3. The van der Waals surface area contributed by atoms with Crippen LogP contribution in [0.25, 0.3) is 0 Å². The number of para-hydroxylation sites is 1. The van der Waals surface area contributed by atoms with Crippen LogP contribution in [-0.2, 0) is 21.3 Å². The fraction of sp³-hybridized carbons (Fsp3) is 0.571. The van der Waals surface area contributed by atoms with Crippen LogP contribution in [0.15, 0.2) is 24.3 Å². The molecule has 0 atom stereocenters. The van der Waals surface area contributed by atoms with Crippen molar-refractivity contribution < 1.29 is 13.2 Å². The summed E-state index contributed by atoms with van der Waals surface area (Å²) in [4.78, 5) is 0. The Labute approximate surface area is 121 Å². The minimum atomic E-state index is -3.38. The van der Waals surface area contributed by atoms with Gasteiger partial charge in [-0.15, -0.1) is 0 Å². The number of hydrogen-bond donors (Lipinski definition) is 2. The number of sulfonamides is 1. The maximum atomic E-state index is 12.0. The van der Waals surface area contributed by atoms with Crippen molar-refractivity contribution in [1.29, 1.82) is 0 Å². The molecule has 5 nitrogen and oxygen atoms in total. The van der Waals surface area contributed by atoms with E-state index < -0.39 is 10.0 Å². The average molecular weight is 300 g/mol. The van der Waals surface area contributed by atoms with E-state index in [1.807, 2.05) is 39.0 Å². The van der Waals surface area contributed by atoms with Crippen LogP contribution in [0.1, 0.15) is 26.3 Å². The van der Waals surface area contributed by atoms with E-state index in [-0.39, 0.29) is 18.5 Å². The molecule has 1 rings (SSSR count). The summed E-state index contributed by atoms with van der Waals surface area (Å²) in [5, 5.41) is 3.19. The van der Waals surface area contributed by atoms with Crippen LogP contribution in [0.5, 0.6) is 0 Å². The van der Waals surface area contributed by atoms with Crippen LogP contribution < -0.4 is 10.0 Å². The number of nitrogens with one attached hydrogen (secondary N) is 2. The monoisotopic (exact) mass is 300 g/mol. The van der Waals surface area contributed by atoms with E-state index in [2.05, 4.69) is 10.0 Å². The molecule has 0 aliphatic rings. The second kappa shape index (κ2) is 8.24. The molecule has 0 heterocycles. The van der Waals surface area contributed by atoms with Gasteiger partial charge in [0, 0.05) is 6.54 Å². The van der Waals surface area contributed by atoms with Crippen LogP contribution in [-0.4, -0.2) is 33.4 Å². The predicted octanol–water partition coefficient (Wildman–Crippen LogP) is 1.96. The van der Waals surface area contributed by atoms with Crippen molar-refractivity contribution in [2.45, 2.75) is 33.4 Å². The third-order valence-corrected chi connectivity index (χ3v) is 3.89. The van der Waals surface area contributed by atoms with Gasteiger partial charge in [0.15, 0.2) is 0 Å². The Morgan fingerprint density at radius 3 is 2.60 bits per heavy atom. The minimum absolute atomic E-state index is 0.0336. The van der Waals surface area contributed by atoms with Crippen molar-refractivity contribution in [3.8, 4) is 0 Å². The smallest absolute Gasteiger partial charge is 0.235 e. The van der Waals surface area contributed by atoms with Crippen molar-refractivity contribution in [2.24, 2.45) is 0 Å². The van der Waals surface area contributed by atoms with Crippen molar-refractivity contribution >= 4 is 15.7 Å². The van der Waals surface area contributed by atoms with Gasteiger partial charge >= 0.3 is 0 Å². The second-order valence-electron chi connectivity index (χ2n) is 4.78. The summed E-state index contributed by atoms with van der Waals surface area (Å²) < 4.78 is 31.9. The first-order chi connectivity index (χ1) is 9.44. The normalized spacial score (nSPS) is 11.8. The Balaban J connectivity index is 2.66. The van der Waals surface area contributed by atoms with Gasteiger partial charge in [0.05, 0.1) is 24.2 Å². The molecule has 114 valence electrons. The van der Waals surface area contributed by atoms with Crippen molar-refractivity contribution in [3.63, 3.8) is 0 Å². The standard InChI is InChI=1S/C14H24N2O3S/c1-4-15-11-13-7-5-6-8-14(13)16-20(17,18)10-9-19-12(2)3/h5-8,12,15-16H,4,9-11H2,1-3H3. The van der Waals surface area contributed by atoms with Crippen LogP contribution in [0.3, 0.4) is 0 Å². The molecule has 0 radical (unpaired) electrons. The molecular weight excluding hydrogens is 276 g/mol. The Bertz CT molecular complexity index is 501. The number of rotatable bonds is 9. The third-order valence-electron chi connectivity index (χ3n) is 2.65. The summed E-state index contributed by atoms with van der Waals surface area (Å²) in [6.07, 6.45) is 0.0336. The first-order valence-electron chi connectivity index (χ1n) is 6.85. The van der Waals surface area contributed by atoms with Gasteiger partial charge in [-0.1, -0.05) is 25.1 Å². The Morgan fingerprint density at radius 1 is 1.25 bits per heavy atom. The third kappa shape index (κ3) is 6.36. The molecular formula is C14H24N2O3S. The fourth-order valence-corrected chi connectivity index (χ4v) is 2.60. The van der Waals surface area contributed by atoms with E-state index >= 15 is 0 Å². The maximum absolute atomic E-state index is 12.0. The Kier molecular flexibility index (Phi) is 6.98. The summed E-state index contributed by atoms with van der Waals surface area (Å²) in [5.41, 5.74) is 1.56. The number of ether oxygens (including phenoxy) is 1. The summed E-state index contributed by atoms with van der Waals surface area (Å²) in [5.74, 6) is -0.0410. The zero-order valence-corrected chi connectivity index (χ0v) is 13.2. The number of hydrogen-bond acceptors (Lipinski definition) is 4. The van der Waals surface area contributed by atoms with Gasteiger partial charge in [0.2, 0.25) is 10.0 Å². The van der Waals surface area contributed by atoms with E-state index in [0.29, 0.717) is 12.2 Å². The molecule has 0 bridgehead atoms. The van der Waals surface area contributed by atoms with E-state index in [9.17, 15) is 8.42 Å². The highest BCUT2D eigenvalue weighted by Gasteiger charge is 2.13. The van der Waals surface area contributed by atoms with Gasteiger partial charge < -0.3 is 10.1 Å². The summed E-state index contributed by atoms with van der Waals surface area (Å²) in [6, 6.07) is 7.39. The zero-order chi connectivity index (χ0) is 15.0. The van der Waals surface area contributed by atoms with Gasteiger partial charge in [-0.25, -0.2) is 8.42 Å². The molecule has 0 unspecified atom stereocenters. The predicted molar refractivity (Wildman–Crippen MR) is 82.3 cm³/mol.